The van der Waals surface area contributed by atoms with Crippen molar-refractivity contribution in [1.82, 2.24) is 5.32 Å². The molecule has 1 N–H and O–H groups in total. The first kappa shape index (κ1) is 15.3. The lowest BCUT2D eigenvalue weighted by Gasteiger charge is -2.12. The van der Waals surface area contributed by atoms with Crippen molar-refractivity contribution in [1.29, 1.82) is 0 Å². The van der Waals surface area contributed by atoms with Gasteiger partial charge < -0.3 is 19.5 Å². The van der Waals surface area contributed by atoms with Crippen LogP contribution in [0.15, 0.2) is 24.3 Å². The Kier molecular flexibility index (Phi) is 6.84. The Morgan fingerprint density at radius 1 is 1.35 bits per heavy atom. The second-order valence-electron chi connectivity index (χ2n) is 4.96. The third-order valence-corrected chi connectivity index (χ3v) is 3.32. The lowest BCUT2D eigenvalue weighted by molar-refractivity contribution is 0.109. The monoisotopic (exact) mass is 279 g/mol. The van der Waals surface area contributed by atoms with E-state index in [0.717, 1.165) is 32.1 Å². The molecule has 112 valence electrons. The van der Waals surface area contributed by atoms with Crippen molar-refractivity contribution < 1.29 is 14.2 Å². The zero-order valence-electron chi connectivity index (χ0n) is 12.3. The van der Waals surface area contributed by atoms with Crippen LogP contribution in [-0.2, 0) is 16.0 Å². The molecule has 1 aromatic carbocycles. The highest BCUT2D eigenvalue weighted by atomic mass is 16.5. The van der Waals surface area contributed by atoms with Gasteiger partial charge >= 0.3 is 0 Å². The Morgan fingerprint density at radius 3 is 3.10 bits per heavy atom. The average Bonchev–Trinajstić information content (AvgIpc) is 2.97. The van der Waals surface area contributed by atoms with E-state index in [1.807, 2.05) is 19.1 Å². The zero-order chi connectivity index (χ0) is 14.0. The molecule has 2 rings (SSSR count). The molecule has 0 amide bonds. The summed E-state index contributed by atoms with van der Waals surface area (Å²) in [5, 5.41) is 3.44. The van der Waals surface area contributed by atoms with Crippen LogP contribution in [0.3, 0.4) is 0 Å². The molecular formula is C16H25NO3. The summed E-state index contributed by atoms with van der Waals surface area (Å²) in [4.78, 5) is 0. The molecule has 0 radical (unpaired) electrons. The highest BCUT2D eigenvalue weighted by Gasteiger charge is 2.14. The van der Waals surface area contributed by atoms with Gasteiger partial charge in [-0.2, -0.15) is 0 Å². The molecule has 0 saturated carbocycles. The lowest BCUT2D eigenvalue weighted by atomic mass is 10.2. The molecule has 1 fully saturated rings. The van der Waals surface area contributed by atoms with E-state index in [9.17, 15) is 0 Å². The maximum Gasteiger partial charge on any atom is 0.119 e. The maximum atomic E-state index is 5.65. The van der Waals surface area contributed by atoms with E-state index in [2.05, 4.69) is 17.4 Å². The van der Waals surface area contributed by atoms with Crippen LogP contribution in [0, 0.1) is 0 Å². The molecule has 0 bridgehead atoms. The predicted octanol–water partition coefficient (Wildman–Crippen LogP) is 2.37. The second-order valence-corrected chi connectivity index (χ2v) is 4.96. The number of hydrogen-bond acceptors (Lipinski definition) is 4. The van der Waals surface area contributed by atoms with E-state index < -0.39 is 0 Å². The van der Waals surface area contributed by atoms with Crippen molar-refractivity contribution in [2.45, 2.75) is 32.4 Å². The smallest absolute Gasteiger partial charge is 0.119 e. The number of nitrogens with one attached hydrogen (secondary N) is 1. The van der Waals surface area contributed by atoms with Gasteiger partial charge in [-0.3, -0.25) is 0 Å². The Labute approximate surface area is 121 Å². The molecule has 1 unspecified atom stereocenters. The van der Waals surface area contributed by atoms with Crippen LogP contribution in [0.2, 0.25) is 0 Å². The highest BCUT2D eigenvalue weighted by Crippen LogP contribution is 2.14. The summed E-state index contributed by atoms with van der Waals surface area (Å²) in [6, 6.07) is 8.20. The molecule has 4 nitrogen and oxygen atoms in total. The summed E-state index contributed by atoms with van der Waals surface area (Å²) < 4.78 is 16.5. The van der Waals surface area contributed by atoms with Crippen molar-refractivity contribution in [2.24, 2.45) is 0 Å². The van der Waals surface area contributed by atoms with Gasteiger partial charge in [0, 0.05) is 26.3 Å². The SMILES string of the molecule is CCOCCOc1cccc(CNCC2CCCO2)c1. The fourth-order valence-electron chi connectivity index (χ4n) is 2.29. The van der Waals surface area contributed by atoms with Gasteiger partial charge in [-0.05, 0) is 37.5 Å². The molecule has 1 aliphatic rings. The van der Waals surface area contributed by atoms with Gasteiger partial charge in [-0.15, -0.1) is 0 Å². The Hall–Kier alpha value is -1.10. The van der Waals surface area contributed by atoms with E-state index in [1.54, 1.807) is 0 Å². The summed E-state index contributed by atoms with van der Waals surface area (Å²) >= 11 is 0. The second kappa shape index (κ2) is 8.95. The Bertz CT molecular complexity index is 378. The minimum absolute atomic E-state index is 0.389. The average molecular weight is 279 g/mol. The van der Waals surface area contributed by atoms with E-state index in [1.165, 1.54) is 18.4 Å². The van der Waals surface area contributed by atoms with Gasteiger partial charge in [0.2, 0.25) is 0 Å². The molecule has 4 heteroatoms. The number of hydrogen-bond donors (Lipinski definition) is 1. The van der Waals surface area contributed by atoms with Gasteiger partial charge in [-0.25, -0.2) is 0 Å². The molecule has 1 aromatic rings. The fourth-order valence-corrected chi connectivity index (χ4v) is 2.29. The minimum Gasteiger partial charge on any atom is -0.491 e. The Morgan fingerprint density at radius 2 is 2.30 bits per heavy atom. The van der Waals surface area contributed by atoms with Crippen molar-refractivity contribution in [3.8, 4) is 5.75 Å². The number of rotatable bonds is 9. The standard InChI is InChI=1S/C16H25NO3/c1-2-18-9-10-20-15-6-3-5-14(11-15)12-17-13-16-7-4-8-19-16/h3,5-6,11,16-17H,2,4,7-10,12-13H2,1H3. The third-order valence-electron chi connectivity index (χ3n) is 3.32. The maximum absolute atomic E-state index is 5.65. The van der Waals surface area contributed by atoms with Gasteiger partial charge in [-0.1, -0.05) is 12.1 Å². The minimum atomic E-state index is 0.389. The van der Waals surface area contributed by atoms with Crippen molar-refractivity contribution in [3.05, 3.63) is 29.8 Å². The van der Waals surface area contributed by atoms with Crippen LogP contribution in [0.1, 0.15) is 25.3 Å². The molecule has 1 saturated heterocycles. The van der Waals surface area contributed by atoms with Crippen LogP contribution in [0.5, 0.6) is 5.75 Å². The van der Waals surface area contributed by atoms with Crippen LogP contribution in [-0.4, -0.2) is 39.1 Å². The Balaban J connectivity index is 1.68. The lowest BCUT2D eigenvalue weighted by Crippen LogP contribution is -2.25. The molecule has 0 aliphatic carbocycles. The number of ether oxygens (including phenoxy) is 3. The number of benzene rings is 1. The predicted molar refractivity (Wildman–Crippen MR) is 79.1 cm³/mol. The van der Waals surface area contributed by atoms with Crippen molar-refractivity contribution in [3.63, 3.8) is 0 Å². The quantitative estimate of drug-likeness (QED) is 0.705. The summed E-state index contributed by atoms with van der Waals surface area (Å²) in [5.74, 6) is 0.904. The summed E-state index contributed by atoms with van der Waals surface area (Å²) in [7, 11) is 0. The summed E-state index contributed by atoms with van der Waals surface area (Å²) in [6.45, 7) is 6.64. The van der Waals surface area contributed by atoms with Gasteiger partial charge in [0.05, 0.1) is 12.7 Å². The molecule has 0 aromatic heterocycles. The first-order valence-electron chi connectivity index (χ1n) is 7.50. The van der Waals surface area contributed by atoms with Crippen LogP contribution >= 0.6 is 0 Å². The van der Waals surface area contributed by atoms with Crippen LogP contribution in [0.4, 0.5) is 0 Å². The molecule has 0 spiro atoms. The van der Waals surface area contributed by atoms with Crippen LogP contribution < -0.4 is 10.1 Å². The van der Waals surface area contributed by atoms with E-state index in [-0.39, 0.29) is 0 Å². The van der Waals surface area contributed by atoms with E-state index >= 15 is 0 Å². The van der Waals surface area contributed by atoms with Crippen molar-refractivity contribution >= 4 is 0 Å². The fraction of sp³-hybridized carbons (Fsp3) is 0.625. The first-order chi connectivity index (χ1) is 9.88. The summed E-state index contributed by atoms with van der Waals surface area (Å²) in [5.41, 5.74) is 1.23. The molecular weight excluding hydrogens is 254 g/mol. The van der Waals surface area contributed by atoms with E-state index in [4.69, 9.17) is 14.2 Å². The van der Waals surface area contributed by atoms with Gasteiger partial charge in [0.15, 0.2) is 0 Å². The van der Waals surface area contributed by atoms with Gasteiger partial charge in [0.25, 0.3) is 0 Å². The molecule has 1 heterocycles. The first-order valence-corrected chi connectivity index (χ1v) is 7.50. The zero-order valence-corrected chi connectivity index (χ0v) is 12.3. The molecule has 1 aliphatic heterocycles. The normalized spacial score (nSPS) is 18.4. The third kappa shape index (κ3) is 5.49. The molecule has 20 heavy (non-hydrogen) atoms. The topological polar surface area (TPSA) is 39.7 Å². The van der Waals surface area contributed by atoms with Crippen LogP contribution in [0.25, 0.3) is 0 Å². The van der Waals surface area contributed by atoms with Crippen molar-refractivity contribution in [2.75, 3.05) is 33.0 Å². The summed E-state index contributed by atoms with van der Waals surface area (Å²) in [6.07, 6.45) is 2.75. The van der Waals surface area contributed by atoms with Gasteiger partial charge in [0.1, 0.15) is 12.4 Å². The highest BCUT2D eigenvalue weighted by molar-refractivity contribution is 5.28. The van der Waals surface area contributed by atoms with E-state index in [0.29, 0.717) is 19.3 Å². The molecule has 1 atom stereocenters. The largest absolute Gasteiger partial charge is 0.491 e.